The van der Waals surface area contributed by atoms with Crippen LogP contribution in [0.5, 0.6) is 0 Å². The minimum absolute atomic E-state index is 1.07. The van der Waals surface area contributed by atoms with Crippen LogP contribution in [0, 0.1) is 0 Å². The first-order chi connectivity index (χ1) is 14.8. The van der Waals surface area contributed by atoms with Gasteiger partial charge in [-0.15, -0.1) is 0 Å². The van der Waals surface area contributed by atoms with E-state index in [1.807, 2.05) is 0 Å². The fourth-order valence-electron chi connectivity index (χ4n) is 4.96. The molecule has 0 N–H and O–H groups in total. The lowest BCUT2D eigenvalue weighted by molar-refractivity contribution is 0.919. The standard InChI is InChI=1S/C30H24/c1-3-7-28-26(5-1)27-6-2-4-8-29(27)30(28)20-25-19-23-14-13-21-9-11-22(12-10-21)15-17-24(25)18-16-23/h1-12,16,18-20H,13-15,17H2. The van der Waals surface area contributed by atoms with Crippen LogP contribution >= 0.6 is 0 Å². The van der Waals surface area contributed by atoms with Crippen molar-refractivity contribution >= 4 is 11.6 Å². The van der Waals surface area contributed by atoms with Crippen LogP contribution in [0.25, 0.3) is 22.8 Å². The van der Waals surface area contributed by atoms with Crippen molar-refractivity contribution in [2.75, 3.05) is 0 Å². The van der Waals surface area contributed by atoms with Gasteiger partial charge in [0.2, 0.25) is 0 Å². The normalized spacial score (nSPS) is 14.1. The van der Waals surface area contributed by atoms with Gasteiger partial charge in [0.15, 0.2) is 0 Å². The Morgan fingerprint density at radius 2 is 0.967 bits per heavy atom. The molecule has 0 fully saturated rings. The van der Waals surface area contributed by atoms with Crippen molar-refractivity contribution in [3.05, 3.63) is 130 Å². The molecule has 30 heavy (non-hydrogen) atoms. The first kappa shape index (κ1) is 17.5. The summed E-state index contributed by atoms with van der Waals surface area (Å²) in [7, 11) is 0. The third kappa shape index (κ3) is 3.00. The topological polar surface area (TPSA) is 0 Å². The second kappa shape index (κ2) is 7.15. The Labute approximate surface area is 178 Å². The molecule has 0 aromatic heterocycles. The zero-order valence-electron chi connectivity index (χ0n) is 17.1. The van der Waals surface area contributed by atoms with E-state index in [2.05, 4.69) is 97.1 Å². The highest BCUT2D eigenvalue weighted by molar-refractivity contribution is 6.06. The van der Waals surface area contributed by atoms with E-state index in [0.717, 1.165) is 25.7 Å². The average molecular weight is 385 g/mol. The number of aryl methyl sites for hydroxylation is 4. The average Bonchev–Trinajstić information content (AvgIpc) is 3.10. The SMILES string of the molecule is C(=C1c2ccccc2-c2ccccc21)c1cc2ccc1CCc1ccc(cc1)CC2. The number of hydrogen-bond acceptors (Lipinski definition) is 0. The zero-order valence-corrected chi connectivity index (χ0v) is 17.1. The highest BCUT2D eigenvalue weighted by Gasteiger charge is 2.22. The Balaban J connectivity index is 1.49. The van der Waals surface area contributed by atoms with Crippen LogP contribution in [0.3, 0.4) is 0 Å². The second-order valence-corrected chi connectivity index (χ2v) is 8.50. The summed E-state index contributed by atoms with van der Waals surface area (Å²) in [5.41, 5.74) is 13.9. The van der Waals surface area contributed by atoms with Gasteiger partial charge in [0.25, 0.3) is 0 Å². The maximum absolute atomic E-state index is 2.44. The smallest absolute Gasteiger partial charge is 0.00929 e. The molecule has 0 heterocycles. The van der Waals surface area contributed by atoms with E-state index < -0.39 is 0 Å². The molecule has 4 aromatic rings. The molecule has 0 saturated carbocycles. The van der Waals surface area contributed by atoms with Gasteiger partial charge >= 0.3 is 0 Å². The number of fused-ring (bicyclic) bond motifs is 3. The second-order valence-electron chi connectivity index (χ2n) is 8.50. The summed E-state index contributed by atoms with van der Waals surface area (Å²) in [5, 5.41) is 0. The number of rotatable bonds is 1. The molecule has 4 aromatic carbocycles. The molecule has 4 bridgehead atoms. The van der Waals surface area contributed by atoms with Gasteiger partial charge in [-0.05, 0) is 87.4 Å². The van der Waals surface area contributed by atoms with Crippen LogP contribution in [0.4, 0.5) is 0 Å². The Morgan fingerprint density at radius 1 is 0.467 bits per heavy atom. The van der Waals surface area contributed by atoms with Crippen molar-refractivity contribution in [1.29, 1.82) is 0 Å². The van der Waals surface area contributed by atoms with E-state index in [1.54, 1.807) is 0 Å². The van der Waals surface area contributed by atoms with Crippen LogP contribution in [-0.2, 0) is 25.7 Å². The van der Waals surface area contributed by atoms with Gasteiger partial charge in [0.05, 0.1) is 0 Å². The third-order valence-corrected chi connectivity index (χ3v) is 6.64. The summed E-state index contributed by atoms with van der Waals surface area (Å²) < 4.78 is 0. The van der Waals surface area contributed by atoms with Gasteiger partial charge in [-0.2, -0.15) is 0 Å². The van der Waals surface area contributed by atoms with E-state index >= 15 is 0 Å². The van der Waals surface area contributed by atoms with Crippen molar-refractivity contribution in [2.45, 2.75) is 25.7 Å². The van der Waals surface area contributed by atoms with E-state index in [0.29, 0.717) is 0 Å². The van der Waals surface area contributed by atoms with Crippen LogP contribution in [0.2, 0.25) is 0 Å². The van der Waals surface area contributed by atoms with Crippen molar-refractivity contribution in [2.24, 2.45) is 0 Å². The molecule has 9 rings (SSSR count). The lowest BCUT2D eigenvalue weighted by Crippen LogP contribution is -2.00. The van der Waals surface area contributed by atoms with Crippen molar-refractivity contribution in [1.82, 2.24) is 0 Å². The maximum atomic E-state index is 2.44. The predicted octanol–water partition coefficient (Wildman–Crippen LogP) is 7.14. The molecule has 0 saturated heterocycles. The monoisotopic (exact) mass is 384 g/mol. The molecule has 0 amide bonds. The van der Waals surface area contributed by atoms with Crippen LogP contribution in [0.15, 0.2) is 91.0 Å². The molecule has 0 heteroatoms. The largest absolute Gasteiger partial charge is 0.0616 e. The molecular weight excluding hydrogens is 360 g/mol. The van der Waals surface area contributed by atoms with Crippen molar-refractivity contribution in [3.8, 4) is 11.1 Å². The quantitative estimate of drug-likeness (QED) is 0.288. The Kier molecular flexibility index (Phi) is 4.16. The summed E-state index contributed by atoms with van der Waals surface area (Å²) in [5.74, 6) is 0. The van der Waals surface area contributed by atoms with Crippen LogP contribution in [0.1, 0.15) is 38.9 Å². The van der Waals surface area contributed by atoms with Gasteiger partial charge in [-0.25, -0.2) is 0 Å². The summed E-state index contributed by atoms with van der Waals surface area (Å²) in [6.07, 6.45) is 6.78. The molecule has 0 radical (unpaired) electrons. The van der Waals surface area contributed by atoms with Gasteiger partial charge in [0.1, 0.15) is 0 Å². The summed E-state index contributed by atoms with van der Waals surface area (Å²) in [6.45, 7) is 0. The molecule has 0 unspecified atom stereocenters. The molecule has 144 valence electrons. The number of benzene rings is 4. The van der Waals surface area contributed by atoms with E-state index in [1.165, 1.54) is 55.6 Å². The fraction of sp³-hybridized carbons (Fsp3) is 0.133. The summed E-state index contributed by atoms with van der Waals surface area (Å²) >= 11 is 0. The molecule has 0 nitrogen and oxygen atoms in total. The molecule has 0 spiro atoms. The van der Waals surface area contributed by atoms with E-state index in [9.17, 15) is 0 Å². The minimum atomic E-state index is 1.07. The highest BCUT2D eigenvalue weighted by Crippen LogP contribution is 2.45. The summed E-state index contributed by atoms with van der Waals surface area (Å²) in [6, 6.07) is 34.0. The lowest BCUT2D eigenvalue weighted by Gasteiger charge is -2.14. The van der Waals surface area contributed by atoms with Crippen molar-refractivity contribution < 1.29 is 0 Å². The molecule has 0 atom stereocenters. The first-order valence-electron chi connectivity index (χ1n) is 11.0. The molecule has 5 aliphatic rings. The van der Waals surface area contributed by atoms with Gasteiger partial charge in [-0.3, -0.25) is 0 Å². The lowest BCUT2D eigenvalue weighted by atomic mass is 9.91. The number of hydrogen-bond donors (Lipinski definition) is 0. The Hall–Kier alpha value is -3.38. The van der Waals surface area contributed by atoms with Crippen LogP contribution in [-0.4, -0.2) is 0 Å². The van der Waals surface area contributed by atoms with E-state index in [-0.39, 0.29) is 0 Å². The minimum Gasteiger partial charge on any atom is -0.0616 e. The van der Waals surface area contributed by atoms with Crippen LogP contribution < -0.4 is 0 Å². The molecular formula is C30H24. The fourth-order valence-corrected chi connectivity index (χ4v) is 4.96. The molecule has 0 aliphatic heterocycles. The summed E-state index contributed by atoms with van der Waals surface area (Å²) in [4.78, 5) is 0. The Bertz CT molecular complexity index is 1220. The van der Waals surface area contributed by atoms with Crippen molar-refractivity contribution in [3.63, 3.8) is 0 Å². The highest BCUT2D eigenvalue weighted by atomic mass is 14.3. The predicted molar refractivity (Wildman–Crippen MR) is 127 cm³/mol. The maximum Gasteiger partial charge on any atom is -0.00929 e. The van der Waals surface area contributed by atoms with E-state index in [4.69, 9.17) is 0 Å². The molecule has 5 aliphatic carbocycles. The van der Waals surface area contributed by atoms with Gasteiger partial charge < -0.3 is 0 Å². The first-order valence-corrected chi connectivity index (χ1v) is 11.0. The van der Waals surface area contributed by atoms with Gasteiger partial charge in [0, 0.05) is 0 Å². The van der Waals surface area contributed by atoms with Gasteiger partial charge in [-0.1, -0.05) is 91.0 Å². The zero-order chi connectivity index (χ0) is 19.9. The Morgan fingerprint density at radius 3 is 1.60 bits per heavy atom. The third-order valence-electron chi connectivity index (χ3n) is 6.64.